The number of likely N-dealkylation sites (N-methyl/N-ethyl adjacent to an activating group) is 1. The SMILES string of the molecule is CC[C@H]1OC(=O)C[C@@H](O)[C@H](C)[C@H](O[C@@H]2C[C@H](N(C)C)[C@@H](O)[C@@H](C)O2)[C@@H](CC=O)C[C@@H](C)C(=O)/C=C/[C@@]2(C)O[C@H]2[C@@H]1CO[C@H]1O[C@@H](C)[C@H](O)[C@@H](OC)[C@@H]1OC. The summed E-state index contributed by atoms with van der Waals surface area (Å²) in [5.41, 5.74) is -0.878. The molecule has 0 amide bonds. The number of aliphatic hydroxyl groups is 3. The van der Waals surface area contributed by atoms with Crippen molar-refractivity contribution in [1.29, 1.82) is 0 Å². The van der Waals surface area contributed by atoms with Crippen LogP contribution in [0.5, 0.6) is 0 Å². The van der Waals surface area contributed by atoms with E-state index in [0.717, 1.165) is 6.29 Å². The van der Waals surface area contributed by atoms with E-state index in [9.17, 15) is 29.7 Å². The van der Waals surface area contributed by atoms with E-state index in [2.05, 4.69) is 0 Å². The van der Waals surface area contributed by atoms with Crippen LogP contribution in [0.4, 0.5) is 0 Å². The van der Waals surface area contributed by atoms with Crippen LogP contribution in [-0.2, 0) is 52.3 Å². The average Bonchev–Trinajstić information content (AvgIpc) is 3.80. The average molecular weight is 772 g/mol. The topological polar surface area (TPSA) is 192 Å². The molecular formula is C39H65NO14. The Hall–Kier alpha value is -1.89. The molecule has 15 heteroatoms. The fourth-order valence-corrected chi connectivity index (χ4v) is 8.33. The standard InChI is InChI=1S/C39H65NO14/c1-11-29-25(19-49-38-36(48-10)35(47-9)33(46)23(5)51-38)37-39(6,54-37)14-12-27(42)20(2)16-24(13-15-41)34(21(3)28(43)18-30(44)52-29)53-31-17-26(40(7)8)32(45)22(4)50-31/h12,14-15,20-26,28-29,31-38,43,45-46H,11,13,16-19H2,1-10H3/b14-12+/t20-,21+,22-,23+,24+,25-,26+,28-,29-,31-,32+,33+,34+,35-,36+,37+,38+,39-/m1/s1. The van der Waals surface area contributed by atoms with Crippen molar-refractivity contribution in [3.63, 3.8) is 0 Å². The van der Waals surface area contributed by atoms with Crippen LogP contribution in [-0.4, -0.2) is 158 Å². The van der Waals surface area contributed by atoms with Crippen molar-refractivity contribution < 1.29 is 67.6 Å². The Morgan fingerprint density at radius 2 is 1.63 bits per heavy atom. The van der Waals surface area contributed by atoms with E-state index in [1.807, 2.05) is 32.8 Å². The third-order valence-electron chi connectivity index (χ3n) is 11.9. The lowest BCUT2D eigenvalue weighted by Gasteiger charge is -2.44. The molecule has 4 rings (SSSR count). The molecule has 0 radical (unpaired) electrons. The molecule has 310 valence electrons. The molecule has 15 nitrogen and oxygen atoms in total. The molecule has 0 unspecified atom stereocenters. The molecule has 18 atom stereocenters. The van der Waals surface area contributed by atoms with Crippen LogP contribution in [0.15, 0.2) is 12.2 Å². The van der Waals surface area contributed by atoms with E-state index in [1.54, 1.807) is 33.8 Å². The molecule has 0 aliphatic carbocycles. The molecule has 4 aliphatic rings. The zero-order chi connectivity index (χ0) is 40.1. The van der Waals surface area contributed by atoms with Crippen LogP contribution in [0.2, 0.25) is 0 Å². The number of esters is 1. The molecule has 0 aromatic rings. The van der Waals surface area contributed by atoms with Crippen LogP contribution < -0.4 is 0 Å². The highest BCUT2D eigenvalue weighted by Crippen LogP contribution is 2.45. The molecule has 54 heavy (non-hydrogen) atoms. The van der Waals surface area contributed by atoms with E-state index < -0.39 is 109 Å². The summed E-state index contributed by atoms with van der Waals surface area (Å²) in [6, 6.07) is -0.269. The number of hydrogen-bond donors (Lipinski definition) is 3. The first-order chi connectivity index (χ1) is 25.5. The van der Waals surface area contributed by atoms with Crippen molar-refractivity contribution in [1.82, 2.24) is 4.90 Å². The van der Waals surface area contributed by atoms with E-state index >= 15 is 0 Å². The minimum Gasteiger partial charge on any atom is -0.462 e. The van der Waals surface area contributed by atoms with E-state index in [-0.39, 0.29) is 37.7 Å². The van der Waals surface area contributed by atoms with Gasteiger partial charge >= 0.3 is 5.97 Å². The fourth-order valence-electron chi connectivity index (χ4n) is 8.33. The molecule has 0 aromatic heterocycles. The van der Waals surface area contributed by atoms with Gasteiger partial charge in [-0.05, 0) is 65.8 Å². The van der Waals surface area contributed by atoms with Gasteiger partial charge in [-0.15, -0.1) is 0 Å². The number of ether oxygens (including phenoxy) is 8. The number of fused-ring (bicyclic) bond motifs is 1. The number of allylic oxidation sites excluding steroid dienone is 1. The summed E-state index contributed by atoms with van der Waals surface area (Å²) < 4.78 is 48.4. The number of cyclic esters (lactones) is 1. The maximum absolute atomic E-state index is 13.6. The van der Waals surface area contributed by atoms with Crippen LogP contribution in [0.25, 0.3) is 0 Å². The van der Waals surface area contributed by atoms with Gasteiger partial charge in [-0.1, -0.05) is 20.8 Å². The van der Waals surface area contributed by atoms with Gasteiger partial charge in [-0.3, -0.25) is 9.59 Å². The monoisotopic (exact) mass is 771 g/mol. The first-order valence-corrected chi connectivity index (χ1v) is 19.4. The molecule has 0 bridgehead atoms. The van der Waals surface area contributed by atoms with Gasteiger partial charge in [0.1, 0.15) is 36.3 Å². The minimum absolute atomic E-state index is 0.0126. The number of nitrogens with zero attached hydrogens (tertiary/aromatic N) is 1. The molecule has 0 saturated carbocycles. The second kappa shape index (κ2) is 19.5. The normalized spacial score (nSPS) is 46.1. The molecular weight excluding hydrogens is 706 g/mol. The van der Waals surface area contributed by atoms with Crippen LogP contribution in [0, 0.1) is 23.7 Å². The fraction of sp³-hybridized carbons (Fsp3) is 0.872. The van der Waals surface area contributed by atoms with Crippen molar-refractivity contribution >= 4 is 18.0 Å². The molecule has 3 N–H and O–H groups in total. The molecule has 4 heterocycles. The number of methoxy groups -OCH3 is 2. The minimum atomic E-state index is -1.24. The van der Waals surface area contributed by atoms with E-state index in [0.29, 0.717) is 12.8 Å². The van der Waals surface area contributed by atoms with Gasteiger partial charge in [0.15, 0.2) is 18.4 Å². The lowest BCUT2D eigenvalue weighted by atomic mass is 9.79. The van der Waals surface area contributed by atoms with Crippen molar-refractivity contribution in [2.45, 2.75) is 159 Å². The predicted octanol–water partition coefficient (Wildman–Crippen LogP) is 1.80. The van der Waals surface area contributed by atoms with Crippen LogP contribution in [0.1, 0.15) is 73.6 Å². The Morgan fingerprint density at radius 1 is 0.963 bits per heavy atom. The lowest BCUT2D eigenvalue weighted by molar-refractivity contribution is -0.305. The number of carbonyl (C=O) groups excluding carboxylic acids is 3. The highest BCUT2D eigenvalue weighted by molar-refractivity contribution is 5.91. The Labute approximate surface area is 319 Å². The smallest absolute Gasteiger partial charge is 0.308 e. The summed E-state index contributed by atoms with van der Waals surface area (Å²) in [7, 11) is 6.68. The number of ketones is 1. The molecule has 3 fully saturated rings. The summed E-state index contributed by atoms with van der Waals surface area (Å²) in [6.07, 6.45) is -4.59. The summed E-state index contributed by atoms with van der Waals surface area (Å²) in [6.45, 7) is 10.7. The summed E-state index contributed by atoms with van der Waals surface area (Å²) in [5.74, 6) is -3.04. The van der Waals surface area contributed by atoms with Gasteiger partial charge in [0.2, 0.25) is 0 Å². The van der Waals surface area contributed by atoms with Gasteiger partial charge in [0.05, 0.1) is 49.7 Å². The maximum atomic E-state index is 13.6. The van der Waals surface area contributed by atoms with Crippen LogP contribution in [0.3, 0.4) is 0 Å². The zero-order valence-electron chi connectivity index (χ0n) is 33.6. The summed E-state index contributed by atoms with van der Waals surface area (Å²) in [4.78, 5) is 41.2. The van der Waals surface area contributed by atoms with Crippen molar-refractivity contribution in [3.05, 3.63) is 12.2 Å². The Kier molecular flexibility index (Phi) is 16.2. The molecule has 3 saturated heterocycles. The first-order valence-electron chi connectivity index (χ1n) is 19.4. The van der Waals surface area contributed by atoms with E-state index in [4.69, 9.17) is 37.9 Å². The number of rotatable bonds is 11. The highest BCUT2D eigenvalue weighted by Gasteiger charge is 2.57. The number of hydrogen-bond acceptors (Lipinski definition) is 15. The molecule has 4 aliphatic heterocycles. The quantitative estimate of drug-likeness (QED) is 0.156. The largest absolute Gasteiger partial charge is 0.462 e. The van der Waals surface area contributed by atoms with Crippen molar-refractivity contribution in [2.75, 3.05) is 34.9 Å². The predicted molar refractivity (Wildman–Crippen MR) is 194 cm³/mol. The Morgan fingerprint density at radius 3 is 2.24 bits per heavy atom. The third-order valence-corrected chi connectivity index (χ3v) is 11.9. The Balaban J connectivity index is 1.62. The number of epoxide rings is 1. The van der Waals surface area contributed by atoms with Crippen molar-refractivity contribution in [3.8, 4) is 0 Å². The number of carbonyl (C=O) groups is 3. The second-order valence-electron chi connectivity index (χ2n) is 16.1. The Bertz CT molecular complexity index is 1270. The maximum Gasteiger partial charge on any atom is 0.308 e. The van der Waals surface area contributed by atoms with E-state index in [1.165, 1.54) is 20.3 Å². The van der Waals surface area contributed by atoms with Crippen LogP contribution >= 0.6 is 0 Å². The van der Waals surface area contributed by atoms with Gasteiger partial charge in [0.25, 0.3) is 0 Å². The summed E-state index contributed by atoms with van der Waals surface area (Å²) in [5, 5.41) is 33.0. The molecule has 0 aromatic carbocycles. The molecule has 0 spiro atoms. The summed E-state index contributed by atoms with van der Waals surface area (Å²) >= 11 is 0. The highest BCUT2D eigenvalue weighted by atomic mass is 16.7. The van der Waals surface area contributed by atoms with Gasteiger partial charge in [-0.25, -0.2) is 0 Å². The van der Waals surface area contributed by atoms with Gasteiger partial charge < -0.3 is 62.9 Å². The zero-order valence-corrected chi connectivity index (χ0v) is 33.6. The van der Waals surface area contributed by atoms with Crippen molar-refractivity contribution in [2.24, 2.45) is 23.7 Å². The number of aliphatic hydroxyl groups excluding tert-OH is 3. The lowest BCUT2D eigenvalue weighted by Crippen LogP contribution is -2.59. The van der Waals surface area contributed by atoms with Gasteiger partial charge in [-0.2, -0.15) is 0 Å². The second-order valence-corrected chi connectivity index (χ2v) is 16.1. The third kappa shape index (κ3) is 10.5. The first kappa shape index (κ1) is 44.8. The van der Waals surface area contributed by atoms with Gasteiger partial charge in [0, 0.05) is 50.9 Å². The number of aldehydes is 1.